The summed E-state index contributed by atoms with van der Waals surface area (Å²) in [4.78, 5) is 0. The molecule has 0 saturated carbocycles. The summed E-state index contributed by atoms with van der Waals surface area (Å²) in [5.41, 5.74) is 0. The van der Waals surface area contributed by atoms with Gasteiger partial charge >= 0.3 is 12.0 Å². The van der Waals surface area contributed by atoms with E-state index in [4.69, 9.17) is 66.5 Å². The van der Waals surface area contributed by atoms with Crippen LogP contribution in [0.5, 0.6) is 0 Å². The lowest BCUT2D eigenvalue weighted by atomic mass is 10.4. The second-order valence-corrected chi connectivity index (χ2v) is 19.4. The molecule has 0 saturated heterocycles. The van der Waals surface area contributed by atoms with Gasteiger partial charge in [-0.25, -0.2) is 0 Å². The largest absolute Gasteiger partial charge is 0.372 e. The third-order valence-corrected chi connectivity index (χ3v) is 7.38. The zero-order chi connectivity index (χ0) is 11.0. The second kappa shape index (κ2) is 4.72. The number of hydrogen-bond donors (Lipinski definition) is 0. The molecule has 0 aliphatic rings. The van der Waals surface area contributed by atoms with Crippen molar-refractivity contribution in [3.8, 4) is 0 Å². The molecule has 0 amide bonds. The summed E-state index contributed by atoms with van der Waals surface area (Å²) in [6.45, 7) is 0. The van der Waals surface area contributed by atoms with Gasteiger partial charge < -0.3 is 0 Å². The first-order valence-corrected chi connectivity index (χ1v) is 13.5. The van der Waals surface area contributed by atoms with Crippen LogP contribution in [-0.4, -0.2) is 12.0 Å². The van der Waals surface area contributed by atoms with Gasteiger partial charge in [0.1, 0.15) is 0 Å². The Labute approximate surface area is 112 Å². The minimum atomic E-state index is -2.88. The Morgan fingerprint density at radius 2 is 1.07 bits per heavy atom. The maximum absolute atomic E-state index is 5.84. The van der Waals surface area contributed by atoms with Crippen LogP contribution in [0.3, 0.4) is 0 Å². The average molecular weight is 345 g/mol. The number of benzene rings is 1. The van der Waals surface area contributed by atoms with E-state index in [1.807, 2.05) is 0 Å². The molecule has 0 spiro atoms. The predicted octanol–water partition coefficient (Wildman–Crippen LogP) is 3.41. The normalized spacial score (nSPS) is 13.0. The van der Waals surface area contributed by atoms with Crippen molar-refractivity contribution in [2.75, 3.05) is 0 Å². The molecule has 14 heavy (non-hydrogen) atoms. The Morgan fingerprint density at radius 3 is 1.36 bits per heavy atom. The maximum Gasteiger partial charge on any atom is 0.372 e. The highest BCUT2D eigenvalue weighted by Crippen LogP contribution is 2.22. The van der Waals surface area contributed by atoms with E-state index in [1.165, 1.54) is 0 Å². The van der Waals surface area contributed by atoms with Crippen molar-refractivity contribution < 1.29 is 0 Å². The smallest absolute Gasteiger partial charge is 0.121 e. The van der Waals surface area contributed by atoms with Crippen molar-refractivity contribution in [1.29, 1.82) is 0 Å². The third-order valence-electron chi connectivity index (χ3n) is 1.52. The average Bonchev–Trinajstić information content (AvgIpc) is 2.01. The topological polar surface area (TPSA) is 0 Å². The summed E-state index contributed by atoms with van der Waals surface area (Å²) in [6, 6.07) is 1.09. The number of halogens is 6. The molecule has 0 N–H and O–H groups in total. The fourth-order valence-electron chi connectivity index (χ4n) is 0.872. The van der Waals surface area contributed by atoms with E-state index in [2.05, 4.69) is 0 Å². The molecule has 1 aromatic carbocycles. The summed E-state index contributed by atoms with van der Waals surface area (Å²) in [7, 11) is 0. The zero-order valence-electron chi connectivity index (χ0n) is 6.58. The highest BCUT2D eigenvalue weighted by atomic mass is 35.8. The molecular weight excluding hydrogens is 341 g/mol. The van der Waals surface area contributed by atoms with Crippen molar-refractivity contribution in [2.24, 2.45) is 0 Å². The lowest BCUT2D eigenvalue weighted by Gasteiger charge is -2.12. The van der Waals surface area contributed by atoms with Gasteiger partial charge in [0.2, 0.25) is 0 Å². The quantitative estimate of drug-likeness (QED) is 0.569. The van der Waals surface area contributed by atoms with Gasteiger partial charge in [-0.2, -0.15) is 0 Å². The SMILES string of the molecule is Cl[Si](Cl)(Cl)c1cccc([Si](Cl)(Cl)Cl)c1. The Balaban J connectivity index is 3.15. The first-order valence-electron chi connectivity index (χ1n) is 3.46. The first-order chi connectivity index (χ1) is 6.21. The van der Waals surface area contributed by atoms with Crippen LogP contribution in [-0.2, 0) is 0 Å². The fourth-order valence-corrected chi connectivity index (χ4v) is 4.34. The summed E-state index contributed by atoms with van der Waals surface area (Å²) in [6.07, 6.45) is 0. The Kier molecular flexibility index (Phi) is 4.54. The van der Waals surface area contributed by atoms with Crippen molar-refractivity contribution in [2.45, 2.75) is 0 Å². The van der Waals surface area contributed by atoms with E-state index in [0.29, 0.717) is 10.4 Å². The van der Waals surface area contributed by atoms with E-state index in [9.17, 15) is 0 Å². The zero-order valence-corrected chi connectivity index (χ0v) is 13.1. The Hall–Kier alpha value is 1.39. The van der Waals surface area contributed by atoms with Crippen LogP contribution in [0.2, 0.25) is 0 Å². The second-order valence-electron chi connectivity index (χ2n) is 2.58. The van der Waals surface area contributed by atoms with Crippen molar-refractivity contribution >= 4 is 88.9 Å². The van der Waals surface area contributed by atoms with E-state index < -0.39 is 12.0 Å². The lowest BCUT2D eigenvalue weighted by Crippen LogP contribution is -2.38. The summed E-state index contributed by atoms with van der Waals surface area (Å²) in [5, 5.41) is 1.28. The van der Waals surface area contributed by atoms with Gasteiger partial charge in [0.15, 0.2) is 0 Å². The molecule has 0 bridgehead atoms. The molecule has 0 heterocycles. The molecule has 0 nitrogen and oxygen atoms in total. The third kappa shape index (κ3) is 3.76. The van der Waals surface area contributed by atoms with Gasteiger partial charge in [-0.05, 0) is 10.4 Å². The molecule has 0 aliphatic heterocycles. The Morgan fingerprint density at radius 1 is 0.714 bits per heavy atom. The number of rotatable bonds is 2. The van der Waals surface area contributed by atoms with E-state index in [-0.39, 0.29) is 0 Å². The molecule has 0 radical (unpaired) electrons. The van der Waals surface area contributed by atoms with Gasteiger partial charge in [0.25, 0.3) is 0 Å². The molecule has 78 valence electrons. The Bertz CT molecular complexity index is 299. The molecule has 0 atom stereocenters. The van der Waals surface area contributed by atoms with E-state index in [1.54, 1.807) is 24.3 Å². The number of hydrogen-bond acceptors (Lipinski definition) is 0. The minimum Gasteiger partial charge on any atom is -0.121 e. The maximum atomic E-state index is 5.84. The highest BCUT2D eigenvalue weighted by molar-refractivity contribution is 7.70. The van der Waals surface area contributed by atoms with Crippen molar-refractivity contribution in [3.63, 3.8) is 0 Å². The summed E-state index contributed by atoms with van der Waals surface area (Å²) in [5.74, 6) is 0. The molecule has 0 aromatic heterocycles. The van der Waals surface area contributed by atoms with Crippen LogP contribution in [0.25, 0.3) is 0 Å². The molecule has 0 unspecified atom stereocenters. The van der Waals surface area contributed by atoms with E-state index >= 15 is 0 Å². The van der Waals surface area contributed by atoms with Gasteiger partial charge in [0, 0.05) is 0 Å². The van der Waals surface area contributed by atoms with Crippen molar-refractivity contribution in [1.82, 2.24) is 0 Å². The fraction of sp³-hybridized carbons (Fsp3) is 0. The standard InChI is InChI=1S/C6H4Cl6Si2/c7-13(8,9)5-2-1-3-6(4-5)14(10,11)12/h1-4H. The van der Waals surface area contributed by atoms with Crippen LogP contribution in [0, 0.1) is 0 Å². The minimum absolute atomic E-state index is 0.638. The molecule has 8 heteroatoms. The monoisotopic (exact) mass is 342 g/mol. The molecular formula is C6H4Cl6Si2. The van der Waals surface area contributed by atoms with Crippen molar-refractivity contribution in [3.05, 3.63) is 24.3 Å². The molecule has 1 rings (SSSR count). The lowest BCUT2D eigenvalue weighted by molar-refractivity contribution is 1.83. The predicted molar refractivity (Wildman–Crippen MR) is 72.3 cm³/mol. The van der Waals surface area contributed by atoms with Gasteiger partial charge in [-0.3, -0.25) is 0 Å². The van der Waals surface area contributed by atoms with Crippen LogP contribution in [0.15, 0.2) is 24.3 Å². The summed E-state index contributed by atoms with van der Waals surface area (Å²) < 4.78 is 0. The van der Waals surface area contributed by atoms with Crippen LogP contribution < -0.4 is 10.4 Å². The van der Waals surface area contributed by atoms with Crippen LogP contribution in [0.1, 0.15) is 0 Å². The van der Waals surface area contributed by atoms with Crippen LogP contribution in [0.4, 0.5) is 0 Å². The molecule has 1 aromatic rings. The highest BCUT2D eigenvalue weighted by Gasteiger charge is 2.32. The summed E-state index contributed by atoms with van der Waals surface area (Å²) >= 11 is 35.0. The van der Waals surface area contributed by atoms with Gasteiger partial charge in [0.05, 0.1) is 0 Å². The van der Waals surface area contributed by atoms with Crippen LogP contribution >= 0.6 is 66.5 Å². The van der Waals surface area contributed by atoms with Gasteiger partial charge in [-0.15, -0.1) is 66.5 Å². The molecule has 0 fully saturated rings. The van der Waals surface area contributed by atoms with E-state index in [0.717, 1.165) is 0 Å². The first kappa shape index (κ1) is 13.5. The molecule has 0 aliphatic carbocycles. The van der Waals surface area contributed by atoms with Gasteiger partial charge in [-0.1, -0.05) is 24.3 Å².